The van der Waals surface area contributed by atoms with E-state index in [9.17, 15) is 5.26 Å². The Morgan fingerprint density at radius 1 is 0.815 bits per heavy atom. The number of aromatic nitrogens is 2. The van der Waals surface area contributed by atoms with Crippen molar-refractivity contribution in [3.63, 3.8) is 0 Å². The van der Waals surface area contributed by atoms with Gasteiger partial charge < -0.3 is 4.42 Å². The Morgan fingerprint density at radius 3 is 2.33 bits per heavy atom. The standard InChI is InChI=1S/C22H15N3OS/c23-14-19-8-4-5-9-20(19)17-12-10-16(11-13-17)15-27-22-25-24-21(26-22)18-6-2-1-3-7-18/h1-13H,15H2. The van der Waals surface area contributed by atoms with Crippen LogP contribution in [0.25, 0.3) is 22.6 Å². The molecular weight excluding hydrogens is 354 g/mol. The van der Waals surface area contributed by atoms with E-state index in [-0.39, 0.29) is 0 Å². The van der Waals surface area contributed by atoms with Crippen molar-refractivity contribution >= 4 is 11.8 Å². The first-order chi connectivity index (χ1) is 13.3. The van der Waals surface area contributed by atoms with Gasteiger partial charge in [0.15, 0.2) is 0 Å². The second-order valence-electron chi connectivity index (χ2n) is 5.88. The topological polar surface area (TPSA) is 62.7 Å². The Bertz CT molecular complexity index is 1080. The molecule has 0 aliphatic carbocycles. The van der Waals surface area contributed by atoms with Crippen molar-refractivity contribution in [1.82, 2.24) is 10.2 Å². The van der Waals surface area contributed by atoms with Gasteiger partial charge >= 0.3 is 0 Å². The monoisotopic (exact) mass is 369 g/mol. The summed E-state index contributed by atoms with van der Waals surface area (Å²) in [5.74, 6) is 1.26. The molecular formula is C22H15N3OS. The predicted molar refractivity (Wildman–Crippen MR) is 106 cm³/mol. The number of rotatable bonds is 5. The summed E-state index contributed by atoms with van der Waals surface area (Å²) in [6.07, 6.45) is 0. The summed E-state index contributed by atoms with van der Waals surface area (Å²) in [6.45, 7) is 0. The number of thioether (sulfide) groups is 1. The molecule has 0 saturated carbocycles. The van der Waals surface area contributed by atoms with Gasteiger partial charge in [0.1, 0.15) is 0 Å². The van der Waals surface area contributed by atoms with Crippen LogP contribution in [-0.4, -0.2) is 10.2 Å². The van der Waals surface area contributed by atoms with E-state index in [1.54, 1.807) is 0 Å². The second-order valence-corrected chi connectivity index (χ2v) is 6.81. The van der Waals surface area contributed by atoms with Gasteiger partial charge in [-0.2, -0.15) is 5.26 Å². The van der Waals surface area contributed by atoms with Crippen LogP contribution >= 0.6 is 11.8 Å². The average molecular weight is 369 g/mol. The van der Waals surface area contributed by atoms with Gasteiger partial charge in [-0.05, 0) is 34.9 Å². The van der Waals surface area contributed by atoms with E-state index >= 15 is 0 Å². The molecule has 0 N–H and O–H groups in total. The zero-order chi connectivity index (χ0) is 18.5. The summed E-state index contributed by atoms with van der Waals surface area (Å²) in [5, 5.41) is 18.0. The van der Waals surface area contributed by atoms with Crippen LogP contribution < -0.4 is 0 Å². The van der Waals surface area contributed by atoms with Crippen LogP contribution in [0.2, 0.25) is 0 Å². The van der Waals surface area contributed by atoms with Crippen LogP contribution in [0, 0.1) is 11.3 Å². The lowest BCUT2D eigenvalue weighted by Gasteiger charge is -2.05. The fourth-order valence-corrected chi connectivity index (χ4v) is 3.44. The fraction of sp³-hybridized carbons (Fsp3) is 0.0455. The Balaban J connectivity index is 1.44. The molecule has 4 nitrogen and oxygen atoms in total. The van der Waals surface area contributed by atoms with E-state index < -0.39 is 0 Å². The highest BCUT2D eigenvalue weighted by Crippen LogP contribution is 2.27. The molecule has 0 spiro atoms. The lowest BCUT2D eigenvalue weighted by Crippen LogP contribution is -1.85. The largest absolute Gasteiger partial charge is 0.411 e. The third kappa shape index (κ3) is 3.91. The summed E-state index contributed by atoms with van der Waals surface area (Å²) in [7, 11) is 0. The molecule has 1 heterocycles. The van der Waals surface area contributed by atoms with Crippen LogP contribution in [0.5, 0.6) is 0 Å². The lowest BCUT2D eigenvalue weighted by molar-refractivity contribution is 0.466. The van der Waals surface area contributed by atoms with E-state index in [2.05, 4.69) is 28.4 Å². The summed E-state index contributed by atoms with van der Waals surface area (Å²) in [4.78, 5) is 0. The van der Waals surface area contributed by atoms with Crippen molar-refractivity contribution in [3.05, 3.63) is 90.0 Å². The second kappa shape index (κ2) is 7.90. The maximum Gasteiger partial charge on any atom is 0.277 e. The molecule has 0 aliphatic rings. The molecule has 5 heteroatoms. The van der Waals surface area contributed by atoms with Gasteiger partial charge in [0.25, 0.3) is 5.22 Å². The lowest BCUT2D eigenvalue weighted by atomic mass is 10.00. The summed E-state index contributed by atoms with van der Waals surface area (Å²) >= 11 is 1.51. The first-order valence-electron chi connectivity index (χ1n) is 8.43. The highest BCUT2D eigenvalue weighted by atomic mass is 32.2. The normalized spacial score (nSPS) is 10.5. The van der Waals surface area contributed by atoms with Crippen LogP contribution in [-0.2, 0) is 5.75 Å². The number of benzene rings is 3. The molecule has 1 aromatic heterocycles. The zero-order valence-corrected chi connectivity index (χ0v) is 15.2. The van der Waals surface area contributed by atoms with E-state index in [4.69, 9.17) is 4.42 Å². The number of nitrogens with zero attached hydrogens (tertiary/aromatic N) is 3. The van der Waals surface area contributed by atoms with Gasteiger partial charge in [0.05, 0.1) is 11.6 Å². The summed E-state index contributed by atoms with van der Waals surface area (Å²) in [6, 6.07) is 27.8. The minimum absolute atomic E-state index is 0.529. The van der Waals surface area contributed by atoms with Crippen molar-refractivity contribution in [1.29, 1.82) is 5.26 Å². The van der Waals surface area contributed by atoms with Crippen molar-refractivity contribution < 1.29 is 4.42 Å². The molecule has 4 aromatic rings. The predicted octanol–water partition coefficient (Wildman–Crippen LogP) is 5.57. The molecule has 0 atom stereocenters. The molecule has 0 amide bonds. The Labute approximate surface area is 161 Å². The number of hydrogen-bond donors (Lipinski definition) is 0. The molecule has 3 aromatic carbocycles. The molecule has 0 saturated heterocycles. The SMILES string of the molecule is N#Cc1ccccc1-c1ccc(CSc2nnc(-c3ccccc3)o2)cc1. The molecule has 0 aliphatic heterocycles. The van der Waals surface area contributed by atoms with Crippen LogP contribution in [0.3, 0.4) is 0 Å². The molecule has 0 radical (unpaired) electrons. The fourth-order valence-electron chi connectivity index (χ4n) is 2.72. The maximum atomic E-state index is 9.25. The zero-order valence-electron chi connectivity index (χ0n) is 14.4. The Morgan fingerprint density at radius 2 is 1.56 bits per heavy atom. The van der Waals surface area contributed by atoms with Crippen molar-refractivity contribution in [2.75, 3.05) is 0 Å². The Hall–Kier alpha value is -3.36. The molecule has 0 bridgehead atoms. The van der Waals surface area contributed by atoms with Gasteiger partial charge in [0.2, 0.25) is 5.89 Å². The molecule has 27 heavy (non-hydrogen) atoms. The van der Waals surface area contributed by atoms with Crippen LogP contribution in [0.4, 0.5) is 0 Å². The number of hydrogen-bond acceptors (Lipinski definition) is 5. The molecule has 4 rings (SSSR count). The molecule has 0 fully saturated rings. The van der Waals surface area contributed by atoms with Gasteiger partial charge in [-0.3, -0.25) is 0 Å². The Kier molecular flexibility index (Phi) is 4.99. The maximum absolute atomic E-state index is 9.25. The van der Waals surface area contributed by atoms with E-state index in [1.165, 1.54) is 11.8 Å². The van der Waals surface area contributed by atoms with Gasteiger partial charge in [-0.1, -0.05) is 72.4 Å². The quantitative estimate of drug-likeness (QED) is 0.431. The van der Waals surface area contributed by atoms with E-state index in [0.717, 1.165) is 28.0 Å². The number of nitriles is 1. The van der Waals surface area contributed by atoms with E-state index in [0.29, 0.717) is 16.7 Å². The molecule has 130 valence electrons. The first-order valence-corrected chi connectivity index (χ1v) is 9.42. The van der Waals surface area contributed by atoms with Crippen molar-refractivity contribution in [3.8, 4) is 28.7 Å². The highest BCUT2D eigenvalue weighted by Gasteiger charge is 2.09. The van der Waals surface area contributed by atoms with Gasteiger partial charge in [-0.15, -0.1) is 10.2 Å². The highest BCUT2D eigenvalue weighted by molar-refractivity contribution is 7.98. The summed E-state index contributed by atoms with van der Waals surface area (Å²) in [5.41, 5.74) is 4.72. The van der Waals surface area contributed by atoms with Crippen LogP contribution in [0.15, 0.2) is 88.5 Å². The van der Waals surface area contributed by atoms with Crippen LogP contribution in [0.1, 0.15) is 11.1 Å². The minimum atomic E-state index is 0.529. The smallest absolute Gasteiger partial charge is 0.277 e. The van der Waals surface area contributed by atoms with E-state index in [1.807, 2.05) is 66.7 Å². The van der Waals surface area contributed by atoms with Crippen molar-refractivity contribution in [2.24, 2.45) is 0 Å². The summed E-state index contributed by atoms with van der Waals surface area (Å²) < 4.78 is 5.72. The third-order valence-corrected chi connectivity index (χ3v) is 4.99. The average Bonchev–Trinajstić information content (AvgIpc) is 3.22. The third-order valence-electron chi connectivity index (χ3n) is 4.10. The molecule has 0 unspecified atom stereocenters. The van der Waals surface area contributed by atoms with Gasteiger partial charge in [0, 0.05) is 11.3 Å². The first kappa shape index (κ1) is 17.1. The minimum Gasteiger partial charge on any atom is -0.411 e. The van der Waals surface area contributed by atoms with Gasteiger partial charge in [-0.25, -0.2) is 0 Å². The van der Waals surface area contributed by atoms with Crippen molar-refractivity contribution in [2.45, 2.75) is 11.0 Å².